The number of nitrogens with one attached hydrogen (secondary N) is 1. The van der Waals surface area contributed by atoms with Crippen molar-refractivity contribution in [3.8, 4) is 0 Å². The summed E-state index contributed by atoms with van der Waals surface area (Å²) in [6, 6.07) is 0. The van der Waals surface area contributed by atoms with Gasteiger partial charge in [-0.25, -0.2) is 13.5 Å². The number of nitrogens with two attached hydrogens (primary N) is 1. The van der Waals surface area contributed by atoms with Gasteiger partial charge in [0.2, 0.25) is 20.9 Å². The Balaban J connectivity index is 0.000001000. The smallest absolute Gasteiger partial charge is 0.244 e. The first-order valence-corrected chi connectivity index (χ1v) is 4.27. The van der Waals surface area contributed by atoms with Crippen molar-refractivity contribution in [1.29, 1.82) is 0 Å². The first kappa shape index (κ1) is 10.2. The number of rotatable bonds is 1. The lowest BCUT2D eigenvalue weighted by Crippen LogP contribution is -1.99. The molecule has 1 aromatic rings. The van der Waals surface area contributed by atoms with Crippen LogP contribution in [0, 0.1) is 0 Å². The summed E-state index contributed by atoms with van der Waals surface area (Å²) in [5.74, 6) is -0.0691. The summed E-state index contributed by atoms with van der Waals surface area (Å²) in [4.78, 5) is 3.41. The van der Waals surface area contributed by atoms with E-state index in [4.69, 9.17) is 5.73 Å². The molecular weight excluding hydrogens is 192 g/mol. The van der Waals surface area contributed by atoms with Crippen molar-refractivity contribution in [3.05, 3.63) is 0 Å². The molecule has 0 atom stereocenters. The van der Waals surface area contributed by atoms with Crippen LogP contribution in [0.3, 0.4) is 0 Å². The highest BCUT2D eigenvalue weighted by atomic mass is 35.5. The lowest BCUT2D eigenvalue weighted by Gasteiger charge is -1.84. The third kappa shape index (κ3) is 2.35. The zero-order valence-corrected chi connectivity index (χ0v) is 7.24. The van der Waals surface area contributed by atoms with Gasteiger partial charge >= 0.3 is 0 Å². The Morgan fingerprint density at radius 1 is 1.55 bits per heavy atom. The van der Waals surface area contributed by atoms with Gasteiger partial charge in [-0.3, -0.25) is 0 Å². The van der Waals surface area contributed by atoms with Gasteiger partial charge in [0.05, 0.1) is 0 Å². The number of hydrogen-bond donors (Lipinski definition) is 2. The third-order valence-corrected chi connectivity index (χ3v) is 1.72. The van der Waals surface area contributed by atoms with E-state index in [-0.39, 0.29) is 23.5 Å². The third-order valence-electron chi connectivity index (χ3n) is 0.833. The molecule has 0 saturated carbocycles. The van der Waals surface area contributed by atoms with Crippen LogP contribution in [-0.2, 0) is 9.84 Å². The molecular formula is C3H7ClN4O2S. The Bertz CT molecular complexity index is 331. The zero-order valence-electron chi connectivity index (χ0n) is 5.60. The van der Waals surface area contributed by atoms with Crippen molar-refractivity contribution in [2.75, 3.05) is 12.0 Å². The van der Waals surface area contributed by atoms with Crippen LogP contribution in [0.1, 0.15) is 0 Å². The minimum absolute atomic E-state index is 0. The Kier molecular flexibility index (Phi) is 2.83. The van der Waals surface area contributed by atoms with E-state index in [1.165, 1.54) is 0 Å². The lowest BCUT2D eigenvalue weighted by molar-refractivity contribution is 0.594. The molecule has 0 aliphatic heterocycles. The van der Waals surface area contributed by atoms with E-state index in [0.29, 0.717) is 0 Å². The Labute approximate surface area is 69.5 Å². The second-order valence-corrected chi connectivity index (χ2v) is 3.70. The van der Waals surface area contributed by atoms with Crippen molar-refractivity contribution in [2.45, 2.75) is 5.16 Å². The average molecular weight is 199 g/mol. The number of anilines is 1. The minimum atomic E-state index is -3.29. The molecule has 0 radical (unpaired) electrons. The number of nitrogens with zero attached hydrogens (tertiary/aromatic N) is 2. The average Bonchev–Trinajstić information content (AvgIpc) is 2.11. The van der Waals surface area contributed by atoms with Gasteiger partial charge in [-0.1, -0.05) is 0 Å². The van der Waals surface area contributed by atoms with Gasteiger partial charge in [-0.15, -0.1) is 17.5 Å². The standard InChI is InChI=1S/C3H6N4O2S.ClH/c1-10(8,9)3-5-2(4)6-7-3;/h1H3,(H3,4,5,6,7);1H. The molecule has 0 amide bonds. The van der Waals surface area contributed by atoms with Crippen LogP contribution in [0.2, 0.25) is 0 Å². The van der Waals surface area contributed by atoms with Gasteiger partial charge in [0.1, 0.15) is 0 Å². The summed E-state index contributed by atoms with van der Waals surface area (Å²) in [5, 5.41) is 5.31. The summed E-state index contributed by atoms with van der Waals surface area (Å²) in [6.07, 6.45) is 1.02. The fraction of sp³-hybridized carbons (Fsp3) is 0.333. The van der Waals surface area contributed by atoms with Crippen molar-refractivity contribution >= 4 is 28.2 Å². The number of aromatic nitrogens is 3. The molecule has 64 valence electrons. The predicted molar refractivity (Wildman–Crippen MR) is 41.2 cm³/mol. The van der Waals surface area contributed by atoms with E-state index in [9.17, 15) is 8.42 Å². The van der Waals surface area contributed by atoms with Gasteiger partial charge in [0.25, 0.3) is 0 Å². The van der Waals surface area contributed by atoms with Crippen LogP contribution in [0.5, 0.6) is 0 Å². The maximum atomic E-state index is 10.7. The van der Waals surface area contributed by atoms with Crippen molar-refractivity contribution in [1.82, 2.24) is 15.2 Å². The molecule has 0 unspecified atom stereocenters. The fourth-order valence-electron chi connectivity index (χ4n) is 0.425. The number of sulfone groups is 1. The van der Waals surface area contributed by atoms with E-state index in [2.05, 4.69) is 15.2 Å². The molecule has 0 spiro atoms. The molecule has 3 N–H and O–H groups in total. The summed E-state index contributed by atoms with van der Waals surface area (Å²) in [5.41, 5.74) is 5.06. The summed E-state index contributed by atoms with van der Waals surface area (Å²) in [7, 11) is -3.29. The van der Waals surface area contributed by atoms with Gasteiger partial charge in [0.15, 0.2) is 0 Å². The first-order valence-electron chi connectivity index (χ1n) is 2.38. The SMILES string of the molecule is CS(=O)(=O)c1nc(N)n[nH]1.Cl. The van der Waals surface area contributed by atoms with Crippen LogP contribution in [0.15, 0.2) is 5.16 Å². The number of halogens is 1. The van der Waals surface area contributed by atoms with Crippen LogP contribution in [0.4, 0.5) is 5.95 Å². The first-order chi connectivity index (χ1) is 4.50. The Morgan fingerprint density at radius 2 is 2.09 bits per heavy atom. The number of nitrogen functional groups attached to an aromatic ring is 1. The molecule has 0 saturated heterocycles. The molecule has 0 fully saturated rings. The lowest BCUT2D eigenvalue weighted by atomic mass is 11.1. The topological polar surface area (TPSA) is 102 Å². The quantitative estimate of drug-likeness (QED) is 0.616. The molecule has 1 rings (SSSR count). The largest absolute Gasteiger partial charge is 0.366 e. The summed E-state index contributed by atoms with van der Waals surface area (Å²) >= 11 is 0. The van der Waals surface area contributed by atoms with E-state index < -0.39 is 9.84 Å². The molecule has 0 aliphatic carbocycles. The predicted octanol–water partition coefficient (Wildman–Crippen LogP) is -0.788. The normalized spacial score (nSPS) is 10.6. The van der Waals surface area contributed by atoms with Gasteiger partial charge < -0.3 is 5.73 Å². The highest BCUT2D eigenvalue weighted by Crippen LogP contribution is 2.00. The summed E-state index contributed by atoms with van der Waals surface area (Å²) in [6.45, 7) is 0. The summed E-state index contributed by atoms with van der Waals surface area (Å²) < 4.78 is 21.3. The monoisotopic (exact) mass is 198 g/mol. The van der Waals surface area contributed by atoms with E-state index in [0.717, 1.165) is 6.26 Å². The van der Waals surface area contributed by atoms with Crippen LogP contribution in [-0.4, -0.2) is 29.9 Å². The molecule has 8 heteroatoms. The van der Waals surface area contributed by atoms with Gasteiger partial charge in [-0.2, -0.15) is 4.98 Å². The molecule has 0 bridgehead atoms. The van der Waals surface area contributed by atoms with E-state index in [1.54, 1.807) is 0 Å². The van der Waals surface area contributed by atoms with Crippen molar-refractivity contribution in [3.63, 3.8) is 0 Å². The number of aromatic amines is 1. The second kappa shape index (κ2) is 3.05. The highest BCUT2D eigenvalue weighted by molar-refractivity contribution is 7.90. The van der Waals surface area contributed by atoms with Crippen LogP contribution >= 0.6 is 12.4 Å². The van der Waals surface area contributed by atoms with E-state index >= 15 is 0 Å². The van der Waals surface area contributed by atoms with Gasteiger partial charge in [0, 0.05) is 6.26 Å². The van der Waals surface area contributed by atoms with Crippen LogP contribution < -0.4 is 5.73 Å². The Morgan fingerprint density at radius 3 is 2.27 bits per heavy atom. The van der Waals surface area contributed by atoms with Crippen molar-refractivity contribution < 1.29 is 8.42 Å². The molecule has 1 heterocycles. The number of hydrogen-bond acceptors (Lipinski definition) is 5. The molecule has 11 heavy (non-hydrogen) atoms. The molecule has 0 aromatic carbocycles. The van der Waals surface area contributed by atoms with E-state index in [1.807, 2.05) is 0 Å². The minimum Gasteiger partial charge on any atom is -0.366 e. The second-order valence-electron chi connectivity index (χ2n) is 1.77. The Hall–Kier alpha value is -0.820. The maximum absolute atomic E-state index is 10.7. The highest BCUT2D eigenvalue weighted by Gasteiger charge is 2.10. The maximum Gasteiger partial charge on any atom is 0.244 e. The van der Waals surface area contributed by atoms with Crippen LogP contribution in [0.25, 0.3) is 0 Å². The fourth-order valence-corrected chi connectivity index (χ4v) is 0.896. The van der Waals surface area contributed by atoms with Crippen molar-refractivity contribution in [2.24, 2.45) is 0 Å². The van der Waals surface area contributed by atoms with Gasteiger partial charge in [-0.05, 0) is 0 Å². The number of H-pyrrole nitrogens is 1. The molecule has 1 aromatic heterocycles. The molecule has 0 aliphatic rings. The zero-order chi connectivity index (χ0) is 7.78. The molecule has 6 nitrogen and oxygen atoms in total.